The quantitative estimate of drug-likeness (QED) is 0.709. The van der Waals surface area contributed by atoms with Crippen molar-refractivity contribution >= 4 is 15.9 Å². The van der Waals surface area contributed by atoms with E-state index in [9.17, 15) is 13.2 Å². The van der Waals surface area contributed by atoms with Crippen molar-refractivity contribution in [1.82, 2.24) is 10.0 Å². The molecule has 0 radical (unpaired) electrons. The Labute approximate surface area is 167 Å². The largest absolute Gasteiger partial charge is 0.353 e. The number of nitrogens with one attached hydrogen (secondary N) is 2. The van der Waals surface area contributed by atoms with Gasteiger partial charge in [0.05, 0.1) is 4.90 Å². The molecule has 2 N–H and O–H groups in total. The van der Waals surface area contributed by atoms with Gasteiger partial charge < -0.3 is 5.32 Å². The zero-order valence-corrected chi connectivity index (χ0v) is 17.0. The molecule has 0 aliphatic heterocycles. The van der Waals surface area contributed by atoms with E-state index in [0.717, 1.165) is 24.0 Å². The topological polar surface area (TPSA) is 75.3 Å². The Kier molecular flexibility index (Phi) is 6.86. The Morgan fingerprint density at radius 1 is 1.04 bits per heavy atom. The summed E-state index contributed by atoms with van der Waals surface area (Å²) < 4.78 is 27.9. The molecule has 1 amide bonds. The van der Waals surface area contributed by atoms with Crippen molar-refractivity contribution < 1.29 is 13.2 Å². The van der Waals surface area contributed by atoms with Gasteiger partial charge in [0, 0.05) is 18.5 Å². The van der Waals surface area contributed by atoms with Crippen LogP contribution < -0.4 is 10.0 Å². The molecule has 3 rings (SSSR count). The maximum Gasteiger partial charge on any atom is 0.241 e. The van der Waals surface area contributed by atoms with E-state index in [0.29, 0.717) is 18.9 Å². The maximum atomic E-state index is 12.6. The first-order chi connectivity index (χ1) is 13.4. The zero-order chi connectivity index (χ0) is 20.0. The molecular weight excluding hydrogens is 372 g/mol. The lowest BCUT2D eigenvalue weighted by Gasteiger charge is -2.15. The van der Waals surface area contributed by atoms with E-state index in [1.807, 2.05) is 37.3 Å². The van der Waals surface area contributed by atoms with E-state index in [1.54, 1.807) is 24.3 Å². The molecule has 0 unspecified atom stereocenters. The van der Waals surface area contributed by atoms with Crippen LogP contribution in [0.15, 0.2) is 59.5 Å². The number of carbonyl (C=O) groups excluding carboxylic acids is 1. The minimum absolute atomic E-state index is 0.0713. The highest BCUT2D eigenvalue weighted by Crippen LogP contribution is 2.19. The maximum absolute atomic E-state index is 12.6. The number of amides is 1. The van der Waals surface area contributed by atoms with Crippen LogP contribution in [-0.2, 0) is 21.2 Å². The average molecular weight is 401 g/mol. The number of aryl methyl sites for hydroxylation is 1. The van der Waals surface area contributed by atoms with E-state index in [1.165, 1.54) is 12.8 Å². The van der Waals surface area contributed by atoms with Gasteiger partial charge in [0.15, 0.2) is 0 Å². The van der Waals surface area contributed by atoms with Crippen LogP contribution in [-0.4, -0.2) is 20.4 Å². The van der Waals surface area contributed by atoms with Crippen molar-refractivity contribution in [2.24, 2.45) is 0 Å². The van der Waals surface area contributed by atoms with Gasteiger partial charge >= 0.3 is 0 Å². The van der Waals surface area contributed by atoms with Crippen LogP contribution in [0.2, 0.25) is 0 Å². The lowest BCUT2D eigenvalue weighted by molar-refractivity contribution is -0.121. The van der Waals surface area contributed by atoms with E-state index in [2.05, 4.69) is 10.0 Å². The second kappa shape index (κ2) is 9.34. The second-order valence-corrected chi connectivity index (χ2v) is 9.16. The summed E-state index contributed by atoms with van der Waals surface area (Å²) >= 11 is 0. The second-order valence-electron chi connectivity index (χ2n) is 7.45. The molecule has 0 saturated heterocycles. The van der Waals surface area contributed by atoms with Crippen molar-refractivity contribution in [3.05, 3.63) is 65.7 Å². The highest BCUT2D eigenvalue weighted by atomic mass is 32.2. The van der Waals surface area contributed by atoms with Gasteiger partial charge in [-0.15, -0.1) is 0 Å². The molecule has 2 aromatic carbocycles. The Hall–Kier alpha value is -2.18. The van der Waals surface area contributed by atoms with Crippen molar-refractivity contribution in [2.45, 2.75) is 62.4 Å². The fourth-order valence-corrected chi connectivity index (χ4v) is 4.81. The smallest absolute Gasteiger partial charge is 0.241 e. The lowest BCUT2D eigenvalue weighted by atomic mass is 10.1. The monoisotopic (exact) mass is 400 g/mol. The molecular formula is C22H28N2O3S. The van der Waals surface area contributed by atoms with E-state index in [-0.39, 0.29) is 16.8 Å². The number of sulfonamides is 1. The summed E-state index contributed by atoms with van der Waals surface area (Å²) in [4.78, 5) is 12.3. The first-order valence-corrected chi connectivity index (χ1v) is 11.4. The zero-order valence-electron chi connectivity index (χ0n) is 16.2. The highest BCUT2D eigenvalue weighted by molar-refractivity contribution is 7.89. The molecule has 1 fully saturated rings. The van der Waals surface area contributed by atoms with Gasteiger partial charge in [-0.2, -0.15) is 0 Å². The van der Waals surface area contributed by atoms with Crippen LogP contribution in [0.3, 0.4) is 0 Å². The third-order valence-corrected chi connectivity index (χ3v) is 6.78. The van der Waals surface area contributed by atoms with Crippen LogP contribution in [0.1, 0.15) is 56.2 Å². The number of carbonyl (C=O) groups is 1. The fourth-order valence-electron chi connectivity index (χ4n) is 3.57. The normalized spacial score (nSPS) is 16.0. The van der Waals surface area contributed by atoms with Gasteiger partial charge in [-0.3, -0.25) is 4.79 Å². The predicted octanol–water partition coefficient (Wildman–Crippen LogP) is 3.72. The summed E-state index contributed by atoms with van der Waals surface area (Å²) in [6.07, 6.45) is 5.56. The summed E-state index contributed by atoms with van der Waals surface area (Å²) in [5.74, 6) is 0.0713. The first-order valence-electron chi connectivity index (χ1n) is 9.89. The Balaban J connectivity index is 1.54. The summed E-state index contributed by atoms with van der Waals surface area (Å²) in [5, 5.41) is 3.08. The molecule has 150 valence electrons. The van der Waals surface area contributed by atoms with Crippen molar-refractivity contribution in [2.75, 3.05) is 0 Å². The SMILES string of the molecule is C[C@@H](NS(=O)(=O)c1ccc(CCC(=O)NC2CCCC2)cc1)c1ccccc1. The van der Waals surface area contributed by atoms with Crippen molar-refractivity contribution in [3.63, 3.8) is 0 Å². The third kappa shape index (κ3) is 5.66. The van der Waals surface area contributed by atoms with Gasteiger partial charge in [-0.05, 0) is 49.4 Å². The van der Waals surface area contributed by atoms with Crippen LogP contribution in [0.4, 0.5) is 0 Å². The molecule has 5 nitrogen and oxygen atoms in total. The van der Waals surface area contributed by atoms with Gasteiger partial charge in [-0.1, -0.05) is 55.3 Å². The first kappa shape index (κ1) is 20.6. The Morgan fingerprint density at radius 3 is 2.32 bits per heavy atom. The standard InChI is InChI=1S/C22H28N2O3S/c1-17(19-7-3-2-4-8-19)24-28(26,27)21-14-11-18(12-15-21)13-16-22(25)23-20-9-5-6-10-20/h2-4,7-8,11-12,14-15,17,20,24H,5-6,9-10,13,16H2,1H3,(H,23,25)/t17-/m1/s1. The number of rotatable bonds is 8. The number of hydrogen-bond acceptors (Lipinski definition) is 3. The molecule has 0 heterocycles. The highest BCUT2D eigenvalue weighted by Gasteiger charge is 2.19. The Morgan fingerprint density at radius 2 is 1.68 bits per heavy atom. The van der Waals surface area contributed by atoms with Crippen LogP contribution >= 0.6 is 0 Å². The van der Waals surface area contributed by atoms with Crippen LogP contribution in [0.25, 0.3) is 0 Å². The van der Waals surface area contributed by atoms with Crippen LogP contribution in [0, 0.1) is 0 Å². The van der Waals surface area contributed by atoms with E-state index >= 15 is 0 Å². The predicted molar refractivity (Wildman–Crippen MR) is 110 cm³/mol. The molecule has 0 aromatic heterocycles. The number of benzene rings is 2. The average Bonchev–Trinajstić information content (AvgIpc) is 3.20. The fraction of sp³-hybridized carbons (Fsp3) is 0.409. The molecule has 1 aliphatic rings. The van der Waals surface area contributed by atoms with Gasteiger partial charge in [-0.25, -0.2) is 13.1 Å². The summed E-state index contributed by atoms with van der Waals surface area (Å²) in [5.41, 5.74) is 1.87. The molecule has 0 spiro atoms. The molecule has 1 aliphatic carbocycles. The molecule has 1 atom stereocenters. The van der Waals surface area contributed by atoms with Crippen LogP contribution in [0.5, 0.6) is 0 Å². The van der Waals surface area contributed by atoms with Crippen molar-refractivity contribution in [1.29, 1.82) is 0 Å². The third-order valence-electron chi connectivity index (χ3n) is 5.23. The lowest BCUT2D eigenvalue weighted by Crippen LogP contribution is -2.32. The molecule has 28 heavy (non-hydrogen) atoms. The minimum atomic E-state index is -3.60. The molecule has 1 saturated carbocycles. The van der Waals surface area contributed by atoms with Gasteiger partial charge in [0.2, 0.25) is 15.9 Å². The summed E-state index contributed by atoms with van der Waals surface area (Å²) in [6.45, 7) is 1.82. The van der Waals surface area contributed by atoms with Gasteiger partial charge in [0.25, 0.3) is 0 Å². The molecule has 0 bridgehead atoms. The molecule has 6 heteroatoms. The Bertz CT molecular complexity index is 874. The summed E-state index contributed by atoms with van der Waals surface area (Å²) in [7, 11) is -3.60. The van der Waals surface area contributed by atoms with Gasteiger partial charge in [0.1, 0.15) is 0 Å². The van der Waals surface area contributed by atoms with E-state index < -0.39 is 10.0 Å². The van der Waals surface area contributed by atoms with Crippen molar-refractivity contribution in [3.8, 4) is 0 Å². The molecule has 2 aromatic rings. The summed E-state index contributed by atoms with van der Waals surface area (Å²) in [6, 6.07) is 16.2. The van der Waals surface area contributed by atoms with E-state index in [4.69, 9.17) is 0 Å². The minimum Gasteiger partial charge on any atom is -0.353 e. The number of hydrogen-bond donors (Lipinski definition) is 2.